The predicted molar refractivity (Wildman–Crippen MR) is 76.8 cm³/mol. The Balaban J connectivity index is 2.21. The molecule has 1 aliphatic rings. The van der Waals surface area contributed by atoms with Crippen LogP contribution in [0.15, 0.2) is 10.5 Å². The van der Waals surface area contributed by atoms with Crippen molar-refractivity contribution >= 4 is 21.8 Å². The van der Waals surface area contributed by atoms with Gasteiger partial charge in [-0.2, -0.15) is 0 Å². The molecular weight excluding hydrogens is 310 g/mol. The number of alkyl halides is 1. The largest absolute Gasteiger partial charge is 0.466 e. The second-order valence-electron chi connectivity index (χ2n) is 5.67. The normalized spacial score (nSPS) is 22.6. The summed E-state index contributed by atoms with van der Waals surface area (Å²) in [7, 11) is 0. The second-order valence-corrected chi connectivity index (χ2v) is 6.31. The molecule has 2 rings (SSSR count). The van der Waals surface area contributed by atoms with Crippen LogP contribution < -0.4 is 0 Å². The van der Waals surface area contributed by atoms with E-state index < -0.39 is 0 Å². The van der Waals surface area contributed by atoms with Gasteiger partial charge in [-0.05, 0) is 33.8 Å². The summed E-state index contributed by atoms with van der Waals surface area (Å²) >= 11 is 3.43. The first kappa shape index (κ1) is 14.6. The number of hydrogen-bond donors (Lipinski definition) is 0. The van der Waals surface area contributed by atoms with Gasteiger partial charge in [0.25, 0.3) is 5.91 Å². The van der Waals surface area contributed by atoms with E-state index in [1.807, 2.05) is 38.7 Å². The molecule has 1 atom stereocenters. The Morgan fingerprint density at radius 1 is 1.53 bits per heavy atom. The van der Waals surface area contributed by atoms with Gasteiger partial charge in [0.1, 0.15) is 11.5 Å². The van der Waals surface area contributed by atoms with Gasteiger partial charge in [-0.3, -0.25) is 4.79 Å². The van der Waals surface area contributed by atoms with Crippen LogP contribution in [0.5, 0.6) is 0 Å². The second kappa shape index (κ2) is 5.29. The standard InChI is InChI=1S/C14H20BrNO3/c1-9-5-12(10(2)18-9)13(17)16-7-11(6-15)19-14(3,4)8-16/h5,11H,6-8H2,1-4H3. The van der Waals surface area contributed by atoms with Crippen molar-refractivity contribution in [3.63, 3.8) is 0 Å². The molecule has 0 spiro atoms. The number of ether oxygens (including phenoxy) is 1. The van der Waals surface area contributed by atoms with Gasteiger partial charge in [-0.15, -0.1) is 0 Å². The van der Waals surface area contributed by atoms with Gasteiger partial charge in [0, 0.05) is 18.4 Å². The molecule has 0 radical (unpaired) electrons. The molecule has 1 unspecified atom stereocenters. The zero-order valence-electron chi connectivity index (χ0n) is 11.8. The first-order valence-electron chi connectivity index (χ1n) is 6.42. The van der Waals surface area contributed by atoms with Crippen LogP contribution in [0.25, 0.3) is 0 Å². The Morgan fingerprint density at radius 2 is 2.21 bits per heavy atom. The molecule has 1 saturated heterocycles. The number of amides is 1. The molecule has 1 amide bonds. The molecule has 0 saturated carbocycles. The third-order valence-electron chi connectivity index (χ3n) is 3.21. The lowest BCUT2D eigenvalue weighted by Gasteiger charge is -2.42. The molecule has 106 valence electrons. The molecule has 5 heteroatoms. The van der Waals surface area contributed by atoms with Gasteiger partial charge in [0.15, 0.2) is 0 Å². The van der Waals surface area contributed by atoms with Crippen LogP contribution in [0.2, 0.25) is 0 Å². The molecule has 0 aromatic carbocycles. The van der Waals surface area contributed by atoms with Crippen LogP contribution in [0, 0.1) is 13.8 Å². The van der Waals surface area contributed by atoms with Crippen molar-refractivity contribution in [2.45, 2.75) is 39.4 Å². The van der Waals surface area contributed by atoms with E-state index in [4.69, 9.17) is 9.15 Å². The third kappa shape index (κ3) is 3.20. The Labute approximate surface area is 122 Å². The van der Waals surface area contributed by atoms with Crippen LogP contribution in [0.1, 0.15) is 35.7 Å². The molecule has 0 aliphatic carbocycles. The van der Waals surface area contributed by atoms with E-state index in [0.29, 0.717) is 24.4 Å². The van der Waals surface area contributed by atoms with Crippen molar-refractivity contribution in [2.75, 3.05) is 18.4 Å². The fourth-order valence-corrected chi connectivity index (χ4v) is 2.88. The van der Waals surface area contributed by atoms with E-state index in [2.05, 4.69) is 15.9 Å². The van der Waals surface area contributed by atoms with Crippen molar-refractivity contribution in [3.8, 4) is 0 Å². The molecule has 0 bridgehead atoms. The minimum absolute atomic E-state index is 0.0247. The zero-order chi connectivity index (χ0) is 14.2. The minimum atomic E-state index is -0.320. The molecule has 0 N–H and O–H groups in total. The Hall–Kier alpha value is -0.810. The zero-order valence-corrected chi connectivity index (χ0v) is 13.4. The first-order valence-corrected chi connectivity index (χ1v) is 7.54. The van der Waals surface area contributed by atoms with Gasteiger partial charge in [-0.1, -0.05) is 15.9 Å². The van der Waals surface area contributed by atoms with E-state index in [0.717, 1.165) is 11.1 Å². The summed E-state index contributed by atoms with van der Waals surface area (Å²) in [6.45, 7) is 8.91. The van der Waals surface area contributed by atoms with Gasteiger partial charge < -0.3 is 14.1 Å². The number of hydrogen-bond acceptors (Lipinski definition) is 3. The van der Waals surface area contributed by atoms with Crippen molar-refractivity contribution in [1.29, 1.82) is 0 Å². The number of furan rings is 1. The first-order chi connectivity index (χ1) is 8.82. The van der Waals surface area contributed by atoms with Crippen molar-refractivity contribution in [3.05, 3.63) is 23.2 Å². The topological polar surface area (TPSA) is 42.7 Å². The number of nitrogens with zero attached hydrogens (tertiary/aromatic N) is 1. The highest BCUT2D eigenvalue weighted by molar-refractivity contribution is 9.09. The number of rotatable bonds is 2. The van der Waals surface area contributed by atoms with Crippen LogP contribution in [0.3, 0.4) is 0 Å². The van der Waals surface area contributed by atoms with Crippen LogP contribution in [-0.2, 0) is 4.74 Å². The maximum Gasteiger partial charge on any atom is 0.257 e. The smallest absolute Gasteiger partial charge is 0.257 e. The number of morpholine rings is 1. The number of aryl methyl sites for hydroxylation is 2. The van der Waals surface area contributed by atoms with E-state index >= 15 is 0 Å². The maximum absolute atomic E-state index is 12.6. The molecule has 1 aromatic rings. The van der Waals surface area contributed by atoms with Gasteiger partial charge in [0.05, 0.1) is 17.3 Å². The van der Waals surface area contributed by atoms with Crippen molar-refractivity contribution < 1.29 is 13.9 Å². The summed E-state index contributed by atoms with van der Waals surface area (Å²) in [4.78, 5) is 14.4. The van der Waals surface area contributed by atoms with Gasteiger partial charge >= 0.3 is 0 Å². The van der Waals surface area contributed by atoms with Crippen molar-refractivity contribution in [1.82, 2.24) is 4.90 Å². The molecule has 1 fully saturated rings. The van der Waals surface area contributed by atoms with Gasteiger partial charge in [0.2, 0.25) is 0 Å². The monoisotopic (exact) mass is 329 g/mol. The highest BCUT2D eigenvalue weighted by atomic mass is 79.9. The van der Waals surface area contributed by atoms with E-state index in [-0.39, 0.29) is 17.6 Å². The van der Waals surface area contributed by atoms with Gasteiger partial charge in [-0.25, -0.2) is 0 Å². The van der Waals surface area contributed by atoms with E-state index in [1.54, 1.807) is 0 Å². The summed E-state index contributed by atoms with van der Waals surface area (Å²) in [6, 6.07) is 1.81. The molecule has 4 nitrogen and oxygen atoms in total. The van der Waals surface area contributed by atoms with Crippen LogP contribution >= 0.6 is 15.9 Å². The summed E-state index contributed by atoms with van der Waals surface area (Å²) in [6.07, 6.45) is 0.0287. The summed E-state index contributed by atoms with van der Waals surface area (Å²) in [5.41, 5.74) is 0.336. The fourth-order valence-electron chi connectivity index (χ4n) is 2.54. The maximum atomic E-state index is 12.6. The average Bonchev–Trinajstić information content (AvgIpc) is 2.65. The fraction of sp³-hybridized carbons (Fsp3) is 0.643. The summed E-state index contributed by atoms with van der Waals surface area (Å²) in [5.74, 6) is 1.48. The third-order valence-corrected chi connectivity index (χ3v) is 3.93. The molecule has 2 heterocycles. The molecular formula is C14H20BrNO3. The molecule has 1 aliphatic heterocycles. The lowest BCUT2D eigenvalue weighted by atomic mass is 10.0. The van der Waals surface area contributed by atoms with Crippen LogP contribution in [-0.4, -0.2) is 40.9 Å². The Kier molecular flexibility index (Phi) is 4.06. The highest BCUT2D eigenvalue weighted by Gasteiger charge is 2.36. The lowest BCUT2D eigenvalue weighted by molar-refractivity contribution is -0.116. The van der Waals surface area contributed by atoms with E-state index in [9.17, 15) is 4.79 Å². The molecule has 1 aromatic heterocycles. The Morgan fingerprint density at radius 3 is 2.74 bits per heavy atom. The Bertz CT molecular complexity index is 481. The summed E-state index contributed by atoms with van der Waals surface area (Å²) < 4.78 is 11.4. The van der Waals surface area contributed by atoms with E-state index in [1.165, 1.54) is 0 Å². The predicted octanol–water partition coefficient (Wildman–Crippen LogP) is 2.91. The summed E-state index contributed by atoms with van der Waals surface area (Å²) in [5, 5.41) is 0.726. The highest BCUT2D eigenvalue weighted by Crippen LogP contribution is 2.25. The molecule has 19 heavy (non-hydrogen) atoms. The lowest BCUT2D eigenvalue weighted by Crippen LogP contribution is -2.55. The number of halogens is 1. The average molecular weight is 330 g/mol. The number of carbonyl (C=O) groups excluding carboxylic acids is 1. The minimum Gasteiger partial charge on any atom is -0.466 e. The van der Waals surface area contributed by atoms with Crippen molar-refractivity contribution in [2.24, 2.45) is 0 Å². The van der Waals surface area contributed by atoms with Crippen LogP contribution in [0.4, 0.5) is 0 Å². The SMILES string of the molecule is Cc1cc(C(=O)N2CC(CBr)OC(C)(C)C2)c(C)o1. The quantitative estimate of drug-likeness (QED) is 0.783. The number of carbonyl (C=O) groups is 1.